The first-order valence-electron chi connectivity index (χ1n) is 6.81. The van der Waals surface area contributed by atoms with Gasteiger partial charge >= 0.3 is 6.09 Å². The quantitative estimate of drug-likeness (QED) is 0.661. The maximum atomic E-state index is 13.0. The average Bonchev–Trinajstić information content (AvgIpc) is 2.96. The van der Waals surface area contributed by atoms with E-state index in [4.69, 9.17) is 11.6 Å². The van der Waals surface area contributed by atoms with Crippen molar-refractivity contribution in [3.05, 3.63) is 59.4 Å². The molecule has 3 aromatic rings. The number of imidazole rings is 1. The third kappa shape index (κ3) is 3.77. The van der Waals surface area contributed by atoms with Gasteiger partial charge in [0.05, 0.1) is 23.5 Å². The van der Waals surface area contributed by atoms with E-state index in [1.165, 1.54) is 19.2 Å². The lowest BCUT2D eigenvalue weighted by Crippen LogP contribution is -2.11. The molecule has 8 heteroatoms. The number of alkyl halides is 1. The summed E-state index contributed by atoms with van der Waals surface area (Å²) < 4.78 is 17.5. The Kier molecular flexibility index (Phi) is 5.64. The van der Waals surface area contributed by atoms with Gasteiger partial charge in [-0.1, -0.05) is 18.2 Å². The van der Waals surface area contributed by atoms with Crippen molar-refractivity contribution in [1.29, 1.82) is 0 Å². The lowest BCUT2D eigenvalue weighted by atomic mass is 10.0. The number of benzene rings is 2. The molecule has 126 valence electrons. The molecule has 0 fully saturated rings. The minimum Gasteiger partial charge on any atom is -0.453 e. The van der Waals surface area contributed by atoms with Crippen LogP contribution in [0.5, 0.6) is 0 Å². The summed E-state index contributed by atoms with van der Waals surface area (Å²) in [5.41, 5.74) is 3.03. The number of nitrogens with one attached hydrogen (secondary N) is 2. The summed E-state index contributed by atoms with van der Waals surface area (Å²) in [5.74, 6) is -0.0166. The van der Waals surface area contributed by atoms with Crippen molar-refractivity contribution in [1.82, 2.24) is 9.97 Å². The smallest absolute Gasteiger partial charge is 0.413 e. The monoisotopic (exact) mass is 369 g/mol. The van der Waals surface area contributed by atoms with E-state index in [1.54, 1.807) is 18.2 Å². The topological polar surface area (TPSA) is 67.0 Å². The second-order valence-electron chi connectivity index (χ2n) is 4.89. The highest BCUT2D eigenvalue weighted by atomic mass is 35.5. The Balaban J connectivity index is 0.00000208. The molecule has 0 aliphatic rings. The van der Waals surface area contributed by atoms with Crippen molar-refractivity contribution in [2.75, 3.05) is 12.4 Å². The fraction of sp³-hybridized carbons (Fsp3) is 0.125. The Morgan fingerprint density at radius 1 is 1.25 bits per heavy atom. The van der Waals surface area contributed by atoms with Gasteiger partial charge in [-0.25, -0.2) is 14.2 Å². The van der Waals surface area contributed by atoms with Crippen LogP contribution in [-0.2, 0) is 4.74 Å². The number of hydrogen-bond donors (Lipinski definition) is 2. The van der Waals surface area contributed by atoms with Gasteiger partial charge in [0, 0.05) is 0 Å². The number of aromatic nitrogens is 2. The van der Waals surface area contributed by atoms with Gasteiger partial charge in [-0.3, -0.25) is 5.32 Å². The molecule has 2 N–H and O–H groups in total. The summed E-state index contributed by atoms with van der Waals surface area (Å²) in [7, 11) is 1.27. The molecule has 0 saturated carbocycles. The van der Waals surface area contributed by atoms with E-state index >= 15 is 0 Å². The first-order valence-corrected chi connectivity index (χ1v) is 7.24. The van der Waals surface area contributed by atoms with Gasteiger partial charge < -0.3 is 9.72 Å². The van der Waals surface area contributed by atoms with Crippen LogP contribution in [-0.4, -0.2) is 23.2 Å². The van der Waals surface area contributed by atoms with Crippen LogP contribution in [0.1, 0.15) is 16.5 Å². The molecule has 1 heterocycles. The highest BCUT2D eigenvalue weighted by Gasteiger charge is 2.13. The van der Waals surface area contributed by atoms with Gasteiger partial charge in [0.1, 0.15) is 5.82 Å². The van der Waals surface area contributed by atoms with E-state index in [0.717, 1.165) is 16.6 Å². The summed E-state index contributed by atoms with van der Waals surface area (Å²) >= 11 is 6.45. The molecule has 1 unspecified atom stereocenters. The fourth-order valence-corrected chi connectivity index (χ4v) is 2.50. The van der Waals surface area contributed by atoms with Gasteiger partial charge in [0.25, 0.3) is 0 Å². The van der Waals surface area contributed by atoms with Crippen LogP contribution in [0.3, 0.4) is 0 Å². The molecule has 1 amide bonds. The number of fused-ring (bicyclic) bond motifs is 1. The summed E-state index contributed by atoms with van der Waals surface area (Å²) in [6, 6.07) is 11.5. The number of ether oxygens (including phenoxy) is 1. The van der Waals surface area contributed by atoms with Crippen LogP contribution in [0.2, 0.25) is 0 Å². The highest BCUT2D eigenvalue weighted by molar-refractivity contribution is 6.22. The maximum absolute atomic E-state index is 13.0. The summed E-state index contributed by atoms with van der Waals surface area (Å²) in [6.45, 7) is 0. The number of rotatable bonds is 3. The van der Waals surface area contributed by atoms with Gasteiger partial charge in [-0.05, 0) is 35.4 Å². The Morgan fingerprint density at radius 2 is 1.92 bits per heavy atom. The number of hydrogen-bond acceptors (Lipinski definition) is 3. The molecule has 0 saturated heterocycles. The number of carbonyl (C=O) groups excluding carboxylic acids is 1. The Bertz CT molecular complexity index is 852. The van der Waals surface area contributed by atoms with Gasteiger partial charge in [-0.2, -0.15) is 0 Å². The fourth-order valence-electron chi connectivity index (χ4n) is 2.22. The lowest BCUT2D eigenvalue weighted by molar-refractivity contribution is 0.186. The van der Waals surface area contributed by atoms with Crippen molar-refractivity contribution >= 4 is 47.1 Å². The first-order chi connectivity index (χ1) is 11.1. The van der Waals surface area contributed by atoms with Crippen LogP contribution in [0.4, 0.5) is 15.1 Å². The molecule has 1 aromatic heterocycles. The highest BCUT2D eigenvalue weighted by Crippen LogP contribution is 2.30. The van der Waals surface area contributed by atoms with Crippen LogP contribution < -0.4 is 5.32 Å². The van der Waals surface area contributed by atoms with Crippen molar-refractivity contribution in [2.45, 2.75) is 5.38 Å². The third-order valence-electron chi connectivity index (χ3n) is 3.37. The first kappa shape index (κ1) is 18.0. The molecule has 1 atom stereocenters. The second-order valence-corrected chi connectivity index (χ2v) is 5.33. The predicted octanol–water partition coefficient (Wildman–Crippen LogP) is 4.63. The van der Waals surface area contributed by atoms with Crippen LogP contribution >= 0.6 is 24.0 Å². The molecule has 3 rings (SSSR count). The number of halogens is 3. The molecule has 0 aliphatic heterocycles. The number of H-pyrrole nitrogens is 1. The van der Waals surface area contributed by atoms with Gasteiger partial charge in [0.15, 0.2) is 0 Å². The zero-order chi connectivity index (χ0) is 16.4. The Hall–Kier alpha value is -2.31. The number of aromatic amines is 1. The molecule has 0 radical (unpaired) electrons. The van der Waals surface area contributed by atoms with E-state index in [9.17, 15) is 9.18 Å². The SMILES string of the molecule is COC(=O)Nc1nc2ccc(C(Cl)c3ccc(F)cc3)cc2[nH]1.Cl. The molecule has 5 nitrogen and oxygen atoms in total. The predicted molar refractivity (Wildman–Crippen MR) is 93.5 cm³/mol. The molecule has 0 bridgehead atoms. The van der Waals surface area contributed by atoms with Crippen LogP contribution in [0, 0.1) is 5.82 Å². The van der Waals surface area contributed by atoms with Crippen molar-refractivity contribution in [2.24, 2.45) is 0 Å². The molecular weight excluding hydrogens is 356 g/mol. The molecule has 0 spiro atoms. The zero-order valence-electron chi connectivity index (χ0n) is 12.5. The van der Waals surface area contributed by atoms with Gasteiger partial charge in [-0.15, -0.1) is 24.0 Å². The van der Waals surface area contributed by atoms with E-state index in [1.807, 2.05) is 12.1 Å². The minimum absolute atomic E-state index is 0. The number of nitrogens with zero attached hydrogens (tertiary/aromatic N) is 1. The van der Waals surface area contributed by atoms with Gasteiger partial charge in [0.2, 0.25) is 5.95 Å². The van der Waals surface area contributed by atoms with Crippen LogP contribution in [0.25, 0.3) is 11.0 Å². The summed E-state index contributed by atoms with van der Waals surface area (Å²) in [5, 5.41) is 2.05. The average molecular weight is 370 g/mol. The number of carbonyl (C=O) groups is 1. The van der Waals surface area contributed by atoms with E-state index < -0.39 is 11.5 Å². The number of amides is 1. The number of methoxy groups -OCH3 is 1. The molecule has 24 heavy (non-hydrogen) atoms. The Morgan fingerprint density at radius 3 is 2.58 bits per heavy atom. The summed E-state index contributed by atoms with van der Waals surface area (Å²) in [6.07, 6.45) is -0.606. The number of anilines is 1. The standard InChI is InChI=1S/C16H13ClFN3O2.ClH/c1-23-16(22)21-15-19-12-7-4-10(8-13(12)20-15)14(17)9-2-5-11(18)6-3-9;/h2-8,14H,1H3,(H2,19,20,21,22);1H. The third-order valence-corrected chi connectivity index (χ3v) is 3.87. The Labute approximate surface area is 148 Å². The zero-order valence-corrected chi connectivity index (χ0v) is 14.1. The summed E-state index contributed by atoms with van der Waals surface area (Å²) in [4.78, 5) is 18.4. The van der Waals surface area contributed by atoms with Crippen LogP contribution in [0.15, 0.2) is 42.5 Å². The van der Waals surface area contributed by atoms with E-state index in [0.29, 0.717) is 5.52 Å². The van der Waals surface area contributed by atoms with Crippen molar-refractivity contribution in [3.63, 3.8) is 0 Å². The lowest BCUT2D eigenvalue weighted by Gasteiger charge is -2.10. The van der Waals surface area contributed by atoms with E-state index in [2.05, 4.69) is 20.0 Å². The van der Waals surface area contributed by atoms with Crippen molar-refractivity contribution in [3.8, 4) is 0 Å². The maximum Gasteiger partial charge on any atom is 0.413 e. The normalized spacial score (nSPS) is 11.6. The molecule has 0 aliphatic carbocycles. The molecule has 2 aromatic carbocycles. The second kappa shape index (κ2) is 7.51. The van der Waals surface area contributed by atoms with Crippen molar-refractivity contribution < 1.29 is 13.9 Å². The largest absolute Gasteiger partial charge is 0.453 e. The molecular formula is C16H14Cl2FN3O2. The minimum atomic E-state index is -0.606. The van der Waals surface area contributed by atoms with E-state index in [-0.39, 0.29) is 24.2 Å².